The van der Waals surface area contributed by atoms with E-state index in [4.69, 9.17) is 11.6 Å². The largest absolute Gasteiger partial charge is 0.290 e. The summed E-state index contributed by atoms with van der Waals surface area (Å²) >= 11 is 6.14. The minimum absolute atomic E-state index is 0.0808. The van der Waals surface area contributed by atoms with Crippen molar-refractivity contribution in [3.05, 3.63) is 77.1 Å². The fourth-order valence-corrected chi connectivity index (χ4v) is 5.06. The molecule has 1 saturated heterocycles. The van der Waals surface area contributed by atoms with E-state index in [-0.39, 0.29) is 16.2 Å². The molecule has 32 heavy (non-hydrogen) atoms. The molecule has 0 bridgehead atoms. The van der Waals surface area contributed by atoms with Gasteiger partial charge in [0.1, 0.15) is 0 Å². The maximum Gasteiger partial charge on any atom is 0.290 e. The van der Waals surface area contributed by atoms with Crippen LogP contribution in [-0.4, -0.2) is 47.4 Å². The molecule has 9 nitrogen and oxygen atoms in total. The van der Waals surface area contributed by atoms with Crippen LogP contribution >= 0.6 is 11.6 Å². The Morgan fingerprint density at radius 1 is 0.906 bits per heavy atom. The highest BCUT2D eigenvalue weighted by molar-refractivity contribution is 7.89. The monoisotopic (exact) mass is 473 g/mol. The number of aromatic nitrogens is 2. The number of nitrogens with one attached hydrogen (secondary N) is 2. The van der Waals surface area contributed by atoms with Gasteiger partial charge in [-0.3, -0.25) is 20.4 Å². The molecule has 0 atom stereocenters. The number of sulfonamides is 1. The lowest BCUT2D eigenvalue weighted by molar-refractivity contribution is 0.0843. The molecule has 0 aliphatic carbocycles. The van der Waals surface area contributed by atoms with Gasteiger partial charge in [-0.05, 0) is 55.3 Å². The number of hydrogen-bond donors (Lipinski definition) is 2. The van der Waals surface area contributed by atoms with Crippen molar-refractivity contribution in [3.63, 3.8) is 0 Å². The molecule has 1 aliphatic rings. The quantitative estimate of drug-likeness (QED) is 0.552. The summed E-state index contributed by atoms with van der Waals surface area (Å²) in [7, 11) is -3.55. The second-order valence-electron chi connectivity index (χ2n) is 7.14. The van der Waals surface area contributed by atoms with Crippen molar-refractivity contribution in [3.8, 4) is 5.69 Å². The SMILES string of the molecule is O=C(NNC(=O)c1ccn(-c2ccccc2Cl)n1)c1ccc(S(=O)(=O)N2CCCC2)cc1. The molecule has 4 rings (SSSR count). The van der Waals surface area contributed by atoms with Crippen LogP contribution < -0.4 is 10.9 Å². The molecule has 1 aliphatic heterocycles. The van der Waals surface area contributed by atoms with Crippen molar-refractivity contribution in [2.45, 2.75) is 17.7 Å². The van der Waals surface area contributed by atoms with Crippen molar-refractivity contribution < 1.29 is 18.0 Å². The van der Waals surface area contributed by atoms with Crippen LogP contribution in [-0.2, 0) is 10.0 Å². The molecular formula is C21H20ClN5O4S. The molecule has 0 radical (unpaired) electrons. The summed E-state index contributed by atoms with van der Waals surface area (Å²) in [5.41, 5.74) is 5.48. The molecule has 1 fully saturated rings. The average molecular weight is 474 g/mol. The highest BCUT2D eigenvalue weighted by Gasteiger charge is 2.27. The molecule has 0 saturated carbocycles. The minimum atomic E-state index is -3.55. The Morgan fingerprint density at radius 3 is 2.25 bits per heavy atom. The third kappa shape index (κ3) is 4.52. The summed E-state index contributed by atoms with van der Waals surface area (Å²) in [6, 6.07) is 14.1. The van der Waals surface area contributed by atoms with E-state index in [2.05, 4.69) is 16.0 Å². The number of carbonyl (C=O) groups excluding carboxylic acids is 2. The van der Waals surface area contributed by atoms with E-state index in [9.17, 15) is 18.0 Å². The Kier molecular flexibility index (Phi) is 6.26. The third-order valence-corrected chi connectivity index (χ3v) is 7.26. The van der Waals surface area contributed by atoms with Gasteiger partial charge in [-0.1, -0.05) is 23.7 Å². The van der Waals surface area contributed by atoms with Crippen LogP contribution in [0, 0.1) is 0 Å². The van der Waals surface area contributed by atoms with E-state index < -0.39 is 21.8 Å². The van der Waals surface area contributed by atoms with Crippen LogP contribution in [0.5, 0.6) is 0 Å². The predicted molar refractivity (Wildman–Crippen MR) is 118 cm³/mol. The Bertz CT molecular complexity index is 1250. The molecule has 3 aromatic rings. The maximum atomic E-state index is 12.6. The van der Waals surface area contributed by atoms with Gasteiger partial charge in [0.2, 0.25) is 10.0 Å². The molecule has 2 heterocycles. The van der Waals surface area contributed by atoms with Crippen LogP contribution in [0.25, 0.3) is 5.69 Å². The van der Waals surface area contributed by atoms with Gasteiger partial charge in [0.25, 0.3) is 11.8 Å². The molecule has 166 valence electrons. The minimum Gasteiger partial charge on any atom is -0.267 e. The third-order valence-electron chi connectivity index (χ3n) is 5.03. The highest BCUT2D eigenvalue weighted by Crippen LogP contribution is 2.21. The van der Waals surface area contributed by atoms with Crippen LogP contribution in [0.2, 0.25) is 5.02 Å². The van der Waals surface area contributed by atoms with Gasteiger partial charge in [-0.15, -0.1) is 0 Å². The van der Waals surface area contributed by atoms with Gasteiger partial charge in [0, 0.05) is 24.8 Å². The summed E-state index contributed by atoms with van der Waals surface area (Å²) in [4.78, 5) is 24.8. The highest BCUT2D eigenvalue weighted by atomic mass is 35.5. The number of para-hydroxylation sites is 1. The van der Waals surface area contributed by atoms with Gasteiger partial charge >= 0.3 is 0 Å². The second kappa shape index (κ2) is 9.11. The predicted octanol–water partition coefficient (Wildman–Crippen LogP) is 2.39. The zero-order chi connectivity index (χ0) is 22.7. The Hall–Kier alpha value is -3.21. The van der Waals surface area contributed by atoms with Crippen molar-refractivity contribution >= 4 is 33.4 Å². The number of benzene rings is 2. The average Bonchev–Trinajstić information content (AvgIpc) is 3.50. The number of hydrogen-bond acceptors (Lipinski definition) is 5. The normalized spacial score (nSPS) is 14.3. The second-order valence-corrected chi connectivity index (χ2v) is 9.49. The lowest BCUT2D eigenvalue weighted by atomic mass is 10.2. The first-order chi connectivity index (χ1) is 15.4. The fourth-order valence-electron chi connectivity index (χ4n) is 3.32. The number of halogens is 1. The summed E-state index contributed by atoms with van der Waals surface area (Å²) < 4.78 is 28.0. The number of carbonyl (C=O) groups is 2. The molecule has 2 amide bonds. The Labute approximate surface area is 190 Å². The summed E-state index contributed by atoms with van der Waals surface area (Å²) in [5.74, 6) is -1.20. The molecule has 0 spiro atoms. The van der Waals surface area contributed by atoms with Crippen molar-refractivity contribution in [1.82, 2.24) is 24.9 Å². The first-order valence-corrected chi connectivity index (χ1v) is 11.7. The zero-order valence-corrected chi connectivity index (χ0v) is 18.4. The molecule has 0 unspecified atom stereocenters. The standard InChI is InChI=1S/C21H20ClN5O4S/c22-17-5-1-2-6-19(17)27-14-11-18(25-27)21(29)24-23-20(28)15-7-9-16(10-8-15)32(30,31)26-12-3-4-13-26/h1-2,5-11,14H,3-4,12-13H2,(H,23,28)(H,24,29). The number of rotatable bonds is 5. The fraction of sp³-hybridized carbons (Fsp3) is 0.190. The summed E-state index contributed by atoms with van der Waals surface area (Å²) in [6.45, 7) is 1.01. The van der Waals surface area contributed by atoms with E-state index in [0.717, 1.165) is 12.8 Å². The molecule has 1 aromatic heterocycles. The van der Waals surface area contributed by atoms with Crippen molar-refractivity contribution in [1.29, 1.82) is 0 Å². The molecule has 11 heteroatoms. The first kappa shape index (κ1) is 22.0. The lowest BCUT2D eigenvalue weighted by Gasteiger charge is -2.15. The summed E-state index contributed by atoms with van der Waals surface area (Å²) in [6.07, 6.45) is 3.27. The van der Waals surface area contributed by atoms with Crippen LogP contribution in [0.3, 0.4) is 0 Å². The Morgan fingerprint density at radius 2 is 1.56 bits per heavy atom. The molecular weight excluding hydrogens is 454 g/mol. The van der Waals surface area contributed by atoms with E-state index in [0.29, 0.717) is 23.8 Å². The number of amides is 2. The van der Waals surface area contributed by atoms with Gasteiger partial charge in [0.15, 0.2) is 5.69 Å². The topological polar surface area (TPSA) is 113 Å². The van der Waals surface area contributed by atoms with E-state index >= 15 is 0 Å². The van der Waals surface area contributed by atoms with Gasteiger partial charge < -0.3 is 0 Å². The van der Waals surface area contributed by atoms with Crippen LogP contribution in [0.4, 0.5) is 0 Å². The van der Waals surface area contributed by atoms with Crippen LogP contribution in [0.15, 0.2) is 65.7 Å². The van der Waals surface area contributed by atoms with E-state index in [1.165, 1.54) is 39.3 Å². The van der Waals surface area contributed by atoms with E-state index in [1.807, 2.05) is 0 Å². The van der Waals surface area contributed by atoms with E-state index in [1.54, 1.807) is 30.5 Å². The van der Waals surface area contributed by atoms with Crippen molar-refractivity contribution in [2.75, 3.05) is 13.1 Å². The lowest BCUT2D eigenvalue weighted by Crippen LogP contribution is -2.41. The number of hydrazine groups is 1. The Balaban J connectivity index is 1.38. The molecule has 2 aromatic carbocycles. The van der Waals surface area contributed by atoms with Gasteiger partial charge in [-0.2, -0.15) is 9.40 Å². The van der Waals surface area contributed by atoms with Crippen molar-refractivity contribution in [2.24, 2.45) is 0 Å². The number of nitrogens with zero attached hydrogens (tertiary/aromatic N) is 3. The smallest absolute Gasteiger partial charge is 0.267 e. The van der Waals surface area contributed by atoms with Gasteiger partial charge in [-0.25, -0.2) is 13.1 Å². The zero-order valence-electron chi connectivity index (χ0n) is 16.9. The summed E-state index contributed by atoms with van der Waals surface area (Å²) in [5, 5.41) is 4.64. The van der Waals surface area contributed by atoms with Gasteiger partial charge in [0.05, 0.1) is 15.6 Å². The van der Waals surface area contributed by atoms with Crippen LogP contribution in [0.1, 0.15) is 33.7 Å². The maximum absolute atomic E-state index is 12.6. The first-order valence-electron chi connectivity index (χ1n) is 9.88. The molecule has 2 N–H and O–H groups in total.